The molecular weight excluding hydrogens is 463 g/mol. The fourth-order valence-corrected chi connectivity index (χ4v) is 3.64. The second-order valence-electron chi connectivity index (χ2n) is 7.45. The summed E-state index contributed by atoms with van der Waals surface area (Å²) in [5, 5.41) is 3.01. The van der Waals surface area contributed by atoms with Crippen LogP contribution in [-0.4, -0.2) is 17.8 Å². The van der Waals surface area contributed by atoms with Gasteiger partial charge in [0, 0.05) is 10.7 Å². The van der Waals surface area contributed by atoms with Gasteiger partial charge in [-0.25, -0.2) is 9.69 Å². The lowest BCUT2D eigenvalue weighted by Gasteiger charge is -2.15. The minimum atomic E-state index is -0.653. The molecular formula is C25H18Cl2N2O4. The summed E-state index contributed by atoms with van der Waals surface area (Å²) in [6.07, 6.45) is 0. The van der Waals surface area contributed by atoms with Crippen LogP contribution in [0, 0.1) is 13.8 Å². The van der Waals surface area contributed by atoms with Crippen LogP contribution in [0.3, 0.4) is 0 Å². The highest BCUT2D eigenvalue weighted by Gasteiger charge is 2.39. The molecule has 0 fully saturated rings. The highest BCUT2D eigenvalue weighted by molar-refractivity contribution is 6.53. The van der Waals surface area contributed by atoms with Crippen molar-refractivity contribution in [3.63, 3.8) is 0 Å². The van der Waals surface area contributed by atoms with Gasteiger partial charge in [-0.2, -0.15) is 0 Å². The molecule has 1 aliphatic rings. The van der Waals surface area contributed by atoms with Gasteiger partial charge in [0.15, 0.2) is 0 Å². The van der Waals surface area contributed by atoms with E-state index in [2.05, 4.69) is 5.32 Å². The van der Waals surface area contributed by atoms with Crippen molar-refractivity contribution in [3.8, 4) is 5.75 Å². The first-order valence-corrected chi connectivity index (χ1v) is 10.7. The number of nitrogens with one attached hydrogen (secondary N) is 1. The van der Waals surface area contributed by atoms with Gasteiger partial charge < -0.3 is 10.1 Å². The van der Waals surface area contributed by atoms with Gasteiger partial charge in [0.1, 0.15) is 16.5 Å². The Hall–Kier alpha value is -3.61. The number of carbonyl (C=O) groups is 3. The van der Waals surface area contributed by atoms with Gasteiger partial charge in [-0.3, -0.25) is 9.59 Å². The summed E-state index contributed by atoms with van der Waals surface area (Å²) in [6.45, 7) is 3.92. The van der Waals surface area contributed by atoms with E-state index >= 15 is 0 Å². The first-order chi connectivity index (χ1) is 15.7. The summed E-state index contributed by atoms with van der Waals surface area (Å²) < 4.78 is 5.42. The number of nitrogens with zero attached hydrogens (tertiary/aromatic N) is 1. The van der Waals surface area contributed by atoms with Crippen LogP contribution in [0.1, 0.15) is 21.5 Å². The molecule has 0 atom stereocenters. The zero-order valence-electron chi connectivity index (χ0n) is 17.7. The van der Waals surface area contributed by atoms with E-state index in [1.807, 2.05) is 19.9 Å². The molecule has 4 rings (SSSR count). The minimum Gasteiger partial charge on any atom is -0.423 e. The number of anilines is 2. The molecule has 8 heteroatoms. The van der Waals surface area contributed by atoms with Crippen molar-refractivity contribution in [3.05, 3.63) is 99.2 Å². The minimum absolute atomic E-state index is 0.0629. The highest BCUT2D eigenvalue weighted by Crippen LogP contribution is 2.31. The summed E-state index contributed by atoms with van der Waals surface area (Å²) in [4.78, 5) is 38.8. The largest absolute Gasteiger partial charge is 0.423 e. The third-order valence-corrected chi connectivity index (χ3v) is 5.76. The van der Waals surface area contributed by atoms with Crippen molar-refractivity contribution in [2.45, 2.75) is 13.8 Å². The third kappa shape index (κ3) is 4.62. The average Bonchev–Trinajstić information content (AvgIpc) is 3.00. The summed E-state index contributed by atoms with van der Waals surface area (Å²) in [5.41, 5.74) is 3.18. The van der Waals surface area contributed by atoms with Crippen LogP contribution in [0.2, 0.25) is 5.02 Å². The Morgan fingerprint density at radius 1 is 0.879 bits per heavy atom. The second kappa shape index (κ2) is 9.10. The van der Waals surface area contributed by atoms with Crippen LogP contribution >= 0.6 is 23.2 Å². The van der Waals surface area contributed by atoms with Crippen molar-refractivity contribution in [1.29, 1.82) is 0 Å². The summed E-state index contributed by atoms with van der Waals surface area (Å²) in [7, 11) is 0. The second-order valence-corrected chi connectivity index (χ2v) is 8.27. The zero-order valence-corrected chi connectivity index (χ0v) is 19.2. The van der Waals surface area contributed by atoms with Gasteiger partial charge in [-0.15, -0.1) is 0 Å². The summed E-state index contributed by atoms with van der Waals surface area (Å²) in [5.74, 6) is -1.31. The lowest BCUT2D eigenvalue weighted by Crippen LogP contribution is -2.32. The molecule has 166 valence electrons. The quantitative estimate of drug-likeness (QED) is 0.291. The number of imide groups is 1. The van der Waals surface area contributed by atoms with E-state index < -0.39 is 17.8 Å². The third-order valence-electron chi connectivity index (χ3n) is 5.17. The smallest absolute Gasteiger partial charge is 0.343 e. The van der Waals surface area contributed by atoms with E-state index in [9.17, 15) is 14.4 Å². The molecule has 0 unspecified atom stereocenters. The fourth-order valence-electron chi connectivity index (χ4n) is 3.24. The molecule has 0 radical (unpaired) electrons. The predicted molar refractivity (Wildman–Crippen MR) is 128 cm³/mol. The number of rotatable bonds is 5. The van der Waals surface area contributed by atoms with E-state index in [0.717, 1.165) is 16.0 Å². The van der Waals surface area contributed by atoms with E-state index in [1.54, 1.807) is 54.6 Å². The maximum Gasteiger partial charge on any atom is 0.343 e. The number of hydrogen-bond donors (Lipinski definition) is 1. The Bertz CT molecular complexity index is 1320. The number of benzene rings is 3. The van der Waals surface area contributed by atoms with Crippen LogP contribution < -0.4 is 15.0 Å². The van der Waals surface area contributed by atoms with Gasteiger partial charge in [0.25, 0.3) is 11.8 Å². The van der Waals surface area contributed by atoms with Gasteiger partial charge in [0.05, 0.1) is 11.3 Å². The Morgan fingerprint density at radius 3 is 2.27 bits per heavy atom. The zero-order chi connectivity index (χ0) is 23.7. The number of halogens is 2. The van der Waals surface area contributed by atoms with Crippen LogP contribution in [0.4, 0.5) is 11.4 Å². The molecule has 0 spiro atoms. The Labute approximate surface area is 200 Å². The number of aryl methyl sites for hydroxylation is 2. The lowest BCUT2D eigenvalue weighted by molar-refractivity contribution is -0.120. The van der Waals surface area contributed by atoms with Crippen molar-refractivity contribution < 1.29 is 19.1 Å². The molecule has 0 saturated carbocycles. The van der Waals surface area contributed by atoms with E-state index in [1.165, 1.54) is 6.07 Å². The molecule has 3 aromatic carbocycles. The average molecular weight is 481 g/mol. The van der Waals surface area contributed by atoms with Gasteiger partial charge in [-0.05, 0) is 79.6 Å². The molecule has 3 aromatic rings. The van der Waals surface area contributed by atoms with Crippen molar-refractivity contribution in [2.24, 2.45) is 0 Å². The van der Waals surface area contributed by atoms with E-state index in [4.69, 9.17) is 27.9 Å². The summed E-state index contributed by atoms with van der Waals surface area (Å²) >= 11 is 12.1. The van der Waals surface area contributed by atoms with Crippen molar-refractivity contribution >= 4 is 52.4 Å². The topological polar surface area (TPSA) is 75.7 Å². The number of hydrogen-bond acceptors (Lipinski definition) is 5. The molecule has 1 aliphatic heterocycles. The Balaban J connectivity index is 1.48. The normalized spacial score (nSPS) is 13.5. The molecule has 0 saturated heterocycles. The monoisotopic (exact) mass is 480 g/mol. The Morgan fingerprint density at radius 2 is 1.61 bits per heavy atom. The Kier molecular flexibility index (Phi) is 6.22. The molecule has 1 N–H and O–H groups in total. The molecule has 0 bridgehead atoms. The maximum absolute atomic E-state index is 12.9. The molecule has 6 nitrogen and oxygen atoms in total. The van der Waals surface area contributed by atoms with Crippen LogP contribution in [0.15, 0.2) is 77.5 Å². The fraction of sp³-hybridized carbons (Fsp3) is 0.0800. The van der Waals surface area contributed by atoms with E-state index in [-0.39, 0.29) is 10.7 Å². The van der Waals surface area contributed by atoms with Crippen molar-refractivity contribution in [1.82, 2.24) is 0 Å². The predicted octanol–water partition coefficient (Wildman–Crippen LogP) is 5.61. The van der Waals surface area contributed by atoms with Gasteiger partial charge in [0.2, 0.25) is 0 Å². The SMILES string of the molecule is Cc1ccc(OC(=O)c2ccc(NC3=C(Cl)C(=O)N(c4cccc(Cl)c4)C3=O)cc2)cc1C. The molecule has 2 amide bonds. The molecule has 1 heterocycles. The lowest BCUT2D eigenvalue weighted by atomic mass is 10.1. The number of ether oxygens (including phenoxy) is 1. The van der Waals surface area contributed by atoms with Crippen molar-refractivity contribution in [2.75, 3.05) is 10.2 Å². The summed E-state index contributed by atoms with van der Waals surface area (Å²) in [6, 6.07) is 18.1. The number of amides is 2. The first kappa shape index (κ1) is 22.6. The molecule has 33 heavy (non-hydrogen) atoms. The molecule has 0 aromatic heterocycles. The van der Waals surface area contributed by atoms with Crippen LogP contribution in [-0.2, 0) is 9.59 Å². The number of carbonyl (C=O) groups excluding carboxylic acids is 3. The van der Waals surface area contributed by atoms with Gasteiger partial charge >= 0.3 is 5.97 Å². The first-order valence-electron chi connectivity index (χ1n) is 9.95. The maximum atomic E-state index is 12.9. The number of esters is 1. The van der Waals surface area contributed by atoms with Crippen LogP contribution in [0.25, 0.3) is 0 Å². The highest BCUT2D eigenvalue weighted by atomic mass is 35.5. The standard InChI is InChI=1S/C25H18Cl2N2O4/c1-14-6-11-20(12-15(14)2)33-25(32)16-7-9-18(10-8-16)28-22-21(27)23(30)29(24(22)31)19-5-3-4-17(26)13-19/h3-13,28H,1-2H3. The molecule has 0 aliphatic carbocycles. The van der Waals surface area contributed by atoms with Crippen LogP contribution in [0.5, 0.6) is 5.75 Å². The van der Waals surface area contributed by atoms with E-state index in [0.29, 0.717) is 27.7 Å². The van der Waals surface area contributed by atoms with Gasteiger partial charge in [-0.1, -0.05) is 35.3 Å².